The topological polar surface area (TPSA) is 99.4 Å². The van der Waals surface area contributed by atoms with Gasteiger partial charge in [-0.15, -0.1) is 0 Å². The van der Waals surface area contributed by atoms with Gasteiger partial charge in [-0.2, -0.15) is 0 Å². The van der Waals surface area contributed by atoms with Crippen LogP contribution in [0.1, 0.15) is 77.6 Å². The SMILES string of the molecule is CCCCCCCCC(O)C#CC1CC2C(=NOCCCC(=O)O)CC2C1O. The summed E-state index contributed by atoms with van der Waals surface area (Å²) in [6, 6.07) is 0. The maximum atomic E-state index is 10.5. The summed E-state index contributed by atoms with van der Waals surface area (Å²) in [4.78, 5) is 15.7. The fraction of sp³-hybridized carbons (Fsp3) is 0.818. The molecule has 0 aliphatic heterocycles. The van der Waals surface area contributed by atoms with Gasteiger partial charge >= 0.3 is 5.97 Å². The first-order chi connectivity index (χ1) is 13.5. The van der Waals surface area contributed by atoms with Crippen molar-refractivity contribution in [3.63, 3.8) is 0 Å². The number of carboxylic acids is 1. The molecule has 0 aromatic rings. The van der Waals surface area contributed by atoms with Crippen molar-refractivity contribution in [3.05, 3.63) is 0 Å². The van der Waals surface area contributed by atoms with Gasteiger partial charge in [0.1, 0.15) is 12.7 Å². The lowest BCUT2D eigenvalue weighted by atomic mass is 9.73. The van der Waals surface area contributed by atoms with E-state index < -0.39 is 18.2 Å². The third-order valence-electron chi connectivity index (χ3n) is 5.82. The number of nitrogens with zero attached hydrogens (tertiary/aromatic N) is 1. The maximum absolute atomic E-state index is 10.5. The van der Waals surface area contributed by atoms with E-state index in [-0.39, 0.29) is 24.2 Å². The van der Waals surface area contributed by atoms with Crippen LogP contribution in [0.25, 0.3) is 0 Å². The first kappa shape index (κ1) is 22.7. The predicted molar refractivity (Wildman–Crippen MR) is 108 cm³/mol. The molecule has 5 atom stereocenters. The standard InChI is InChI=1S/C22H35NO5/c1-2-3-4-5-6-7-9-17(24)12-11-16-14-18-19(22(16)27)15-20(18)23-28-13-8-10-21(25)26/h16-19,22,24,27H,2-10,13-15H2,1H3,(H,25,26). The molecule has 0 saturated heterocycles. The number of oxime groups is 1. The van der Waals surface area contributed by atoms with Gasteiger partial charge < -0.3 is 20.2 Å². The molecule has 2 saturated carbocycles. The predicted octanol–water partition coefficient (Wildman–Crippen LogP) is 3.36. The molecule has 6 heteroatoms. The largest absolute Gasteiger partial charge is 0.481 e. The molecular formula is C22H35NO5. The van der Waals surface area contributed by atoms with E-state index in [0.29, 0.717) is 25.9 Å². The minimum atomic E-state index is -0.834. The van der Waals surface area contributed by atoms with E-state index in [2.05, 4.69) is 23.9 Å². The highest BCUT2D eigenvalue weighted by molar-refractivity contribution is 5.93. The van der Waals surface area contributed by atoms with Crippen molar-refractivity contribution in [3.8, 4) is 11.8 Å². The fourth-order valence-electron chi connectivity index (χ4n) is 4.06. The maximum Gasteiger partial charge on any atom is 0.303 e. The summed E-state index contributed by atoms with van der Waals surface area (Å²) in [5, 5.41) is 33.2. The Balaban J connectivity index is 1.67. The van der Waals surface area contributed by atoms with Crippen LogP contribution in [0, 0.1) is 29.6 Å². The molecule has 0 aromatic heterocycles. The van der Waals surface area contributed by atoms with Gasteiger partial charge in [-0.3, -0.25) is 4.79 Å². The van der Waals surface area contributed by atoms with Gasteiger partial charge in [-0.25, -0.2) is 0 Å². The Bertz CT molecular complexity index is 579. The smallest absolute Gasteiger partial charge is 0.303 e. The molecule has 28 heavy (non-hydrogen) atoms. The molecule has 5 unspecified atom stereocenters. The minimum Gasteiger partial charge on any atom is -0.481 e. The quantitative estimate of drug-likeness (QED) is 0.268. The van der Waals surface area contributed by atoms with E-state index in [1.165, 1.54) is 25.7 Å². The lowest BCUT2D eigenvalue weighted by molar-refractivity contribution is -0.137. The van der Waals surface area contributed by atoms with E-state index in [0.717, 1.165) is 25.0 Å². The van der Waals surface area contributed by atoms with Crippen LogP contribution in [-0.2, 0) is 9.63 Å². The minimum absolute atomic E-state index is 0.0777. The molecule has 2 rings (SSSR count). The number of hydrogen-bond donors (Lipinski definition) is 3. The lowest BCUT2D eigenvalue weighted by Gasteiger charge is -2.33. The van der Waals surface area contributed by atoms with Crippen LogP contribution in [0.3, 0.4) is 0 Å². The first-order valence-electron chi connectivity index (χ1n) is 10.8. The zero-order chi connectivity index (χ0) is 20.4. The number of aliphatic hydroxyl groups is 2. The summed E-state index contributed by atoms with van der Waals surface area (Å²) in [7, 11) is 0. The number of carboxylic acid groups (broad SMARTS) is 1. The van der Waals surface area contributed by atoms with Crippen LogP contribution in [0.15, 0.2) is 5.16 Å². The van der Waals surface area contributed by atoms with Crippen molar-refractivity contribution in [2.24, 2.45) is 22.9 Å². The van der Waals surface area contributed by atoms with E-state index in [1.807, 2.05) is 0 Å². The Kier molecular flexibility index (Phi) is 9.80. The van der Waals surface area contributed by atoms with Crippen LogP contribution in [0.4, 0.5) is 0 Å². The van der Waals surface area contributed by atoms with Crippen molar-refractivity contribution >= 4 is 11.7 Å². The van der Waals surface area contributed by atoms with E-state index in [1.54, 1.807) is 0 Å². The van der Waals surface area contributed by atoms with Gasteiger partial charge in [0, 0.05) is 18.3 Å². The van der Waals surface area contributed by atoms with Crippen LogP contribution in [0.5, 0.6) is 0 Å². The molecule has 2 aliphatic rings. The van der Waals surface area contributed by atoms with Gasteiger partial charge in [0.05, 0.1) is 11.8 Å². The third kappa shape index (κ3) is 7.10. The first-order valence-corrected chi connectivity index (χ1v) is 10.8. The third-order valence-corrected chi connectivity index (χ3v) is 5.82. The molecule has 0 radical (unpaired) electrons. The highest BCUT2D eigenvalue weighted by atomic mass is 16.6. The lowest BCUT2D eigenvalue weighted by Crippen LogP contribution is -2.38. The summed E-state index contributed by atoms with van der Waals surface area (Å²) in [5.41, 5.74) is 0.941. The van der Waals surface area contributed by atoms with Crippen molar-refractivity contribution in [2.45, 2.75) is 89.8 Å². The molecule has 0 bridgehead atoms. The number of fused-ring (bicyclic) bond motifs is 1. The number of aliphatic hydroxyl groups excluding tert-OH is 2. The summed E-state index contributed by atoms with van der Waals surface area (Å²) >= 11 is 0. The van der Waals surface area contributed by atoms with E-state index in [9.17, 15) is 15.0 Å². The molecule has 6 nitrogen and oxygen atoms in total. The van der Waals surface area contributed by atoms with E-state index in [4.69, 9.17) is 9.94 Å². The van der Waals surface area contributed by atoms with Crippen LogP contribution in [0.2, 0.25) is 0 Å². The Hall–Kier alpha value is -1.58. The fourth-order valence-corrected chi connectivity index (χ4v) is 4.06. The summed E-state index contributed by atoms with van der Waals surface area (Å²) in [6.07, 6.45) is 8.74. The molecule has 158 valence electrons. The number of hydrogen-bond acceptors (Lipinski definition) is 5. The summed E-state index contributed by atoms with van der Waals surface area (Å²) in [6.45, 7) is 2.50. The van der Waals surface area contributed by atoms with Crippen LogP contribution < -0.4 is 0 Å². The van der Waals surface area contributed by atoms with Crippen molar-refractivity contribution < 1.29 is 25.0 Å². The zero-order valence-corrected chi connectivity index (χ0v) is 17.0. The second kappa shape index (κ2) is 12.1. The van der Waals surface area contributed by atoms with Crippen molar-refractivity contribution in [1.29, 1.82) is 0 Å². The molecule has 2 fully saturated rings. The number of aliphatic carboxylic acids is 1. The number of unbranched alkanes of at least 4 members (excludes halogenated alkanes) is 5. The highest BCUT2D eigenvalue weighted by Crippen LogP contribution is 2.47. The Morgan fingerprint density at radius 3 is 2.75 bits per heavy atom. The number of rotatable bonds is 12. The van der Waals surface area contributed by atoms with Crippen molar-refractivity contribution in [2.75, 3.05) is 6.61 Å². The van der Waals surface area contributed by atoms with Crippen molar-refractivity contribution in [1.82, 2.24) is 0 Å². The highest BCUT2D eigenvalue weighted by Gasteiger charge is 2.51. The monoisotopic (exact) mass is 393 g/mol. The van der Waals surface area contributed by atoms with Gasteiger partial charge in [0.25, 0.3) is 0 Å². The Morgan fingerprint density at radius 2 is 2.00 bits per heavy atom. The Morgan fingerprint density at radius 1 is 1.25 bits per heavy atom. The molecule has 2 aliphatic carbocycles. The van der Waals surface area contributed by atoms with Crippen LogP contribution in [-0.4, -0.2) is 45.8 Å². The van der Waals surface area contributed by atoms with Gasteiger partial charge in [0.15, 0.2) is 0 Å². The van der Waals surface area contributed by atoms with Crippen LogP contribution >= 0.6 is 0 Å². The second-order valence-corrected chi connectivity index (χ2v) is 8.08. The molecule has 0 heterocycles. The molecule has 3 N–H and O–H groups in total. The van der Waals surface area contributed by atoms with Gasteiger partial charge in [-0.05, 0) is 38.0 Å². The summed E-state index contributed by atoms with van der Waals surface area (Å²) < 4.78 is 0. The number of carbonyl (C=O) groups is 1. The second-order valence-electron chi connectivity index (χ2n) is 8.08. The zero-order valence-electron chi connectivity index (χ0n) is 17.0. The van der Waals surface area contributed by atoms with Gasteiger partial charge in [-0.1, -0.05) is 56.0 Å². The molecule has 0 aromatic carbocycles. The van der Waals surface area contributed by atoms with Gasteiger partial charge in [0.2, 0.25) is 0 Å². The molecule has 0 amide bonds. The van der Waals surface area contributed by atoms with E-state index >= 15 is 0 Å². The normalized spacial score (nSPS) is 28.2. The average molecular weight is 394 g/mol. The Labute approximate surface area is 168 Å². The average Bonchev–Trinajstić information content (AvgIpc) is 2.89. The summed E-state index contributed by atoms with van der Waals surface area (Å²) in [5.74, 6) is 5.45. The molecular weight excluding hydrogens is 358 g/mol. The molecule has 0 spiro atoms.